The highest BCUT2D eigenvalue weighted by molar-refractivity contribution is 5.77. The van der Waals surface area contributed by atoms with E-state index in [1.54, 1.807) is 7.05 Å². The smallest absolute Gasteiger partial charge is 0.246 e. The van der Waals surface area contributed by atoms with E-state index >= 15 is 0 Å². The highest BCUT2D eigenvalue weighted by atomic mass is 16.7. The average molecular weight is 534 g/mol. The second-order valence-electron chi connectivity index (χ2n) is 10.2. The lowest BCUT2D eigenvalue weighted by molar-refractivity contribution is -0.297. The molecule has 37 heavy (non-hydrogen) atoms. The van der Waals surface area contributed by atoms with Gasteiger partial charge in [-0.3, -0.25) is 4.79 Å². The van der Waals surface area contributed by atoms with E-state index < -0.39 is 78.9 Å². The molecule has 0 spiro atoms. The zero-order chi connectivity index (χ0) is 27.3. The molecule has 0 radical (unpaired) electrons. The van der Waals surface area contributed by atoms with E-state index in [2.05, 4.69) is 16.0 Å². The molecule has 1 saturated carbocycles. The number of aliphatic hydroxyl groups is 5. The maximum Gasteiger partial charge on any atom is 0.246 e. The van der Waals surface area contributed by atoms with Gasteiger partial charge < -0.3 is 67.2 Å². The minimum absolute atomic E-state index is 0.0265. The summed E-state index contributed by atoms with van der Waals surface area (Å²) < 4.78 is 17.8. The van der Waals surface area contributed by atoms with E-state index in [4.69, 9.17) is 30.8 Å². The highest BCUT2D eigenvalue weighted by Crippen LogP contribution is 2.36. The fraction of sp³-hybridized carbons (Fsp3) is 0.870. The highest BCUT2D eigenvalue weighted by Gasteiger charge is 2.53. The molecule has 0 aromatic heterocycles. The fourth-order valence-corrected chi connectivity index (χ4v) is 5.50. The zero-order valence-corrected chi connectivity index (χ0v) is 21.3. The quantitative estimate of drug-likeness (QED) is 0.119. The number of hydrogen-bond donors (Lipinski definition) is 10. The Bertz CT molecular complexity index is 788. The first kappa shape index (κ1) is 30.1. The second kappa shape index (κ2) is 13.1. The van der Waals surface area contributed by atoms with Crippen LogP contribution in [0.1, 0.15) is 19.8 Å². The van der Waals surface area contributed by atoms with Crippen LogP contribution in [0.15, 0.2) is 11.8 Å². The van der Waals surface area contributed by atoms with E-state index in [0.717, 1.165) is 0 Å². The van der Waals surface area contributed by atoms with Gasteiger partial charge in [-0.1, -0.05) is 0 Å². The van der Waals surface area contributed by atoms with Crippen molar-refractivity contribution in [2.75, 3.05) is 40.0 Å². The van der Waals surface area contributed by atoms with Crippen molar-refractivity contribution in [3.05, 3.63) is 11.8 Å². The summed E-state index contributed by atoms with van der Waals surface area (Å²) >= 11 is 0. The number of carbonyl (C=O) groups is 1. The fourth-order valence-electron chi connectivity index (χ4n) is 5.50. The number of amides is 1. The first-order valence-electron chi connectivity index (χ1n) is 12.7. The van der Waals surface area contributed by atoms with Crippen molar-refractivity contribution in [1.29, 1.82) is 0 Å². The number of nitrogens with two attached hydrogens (primary N) is 2. The van der Waals surface area contributed by atoms with Crippen LogP contribution in [0.3, 0.4) is 0 Å². The van der Waals surface area contributed by atoms with Crippen molar-refractivity contribution in [3.8, 4) is 0 Å². The minimum Gasteiger partial charge on any atom is -0.492 e. The van der Waals surface area contributed by atoms with E-state index in [9.17, 15) is 25.2 Å². The molecule has 12 N–H and O–H groups in total. The Morgan fingerprint density at radius 2 is 1.97 bits per heavy atom. The van der Waals surface area contributed by atoms with Crippen LogP contribution in [0, 0.1) is 5.92 Å². The van der Waals surface area contributed by atoms with Gasteiger partial charge in [-0.15, -0.1) is 0 Å². The molecule has 1 unspecified atom stereocenters. The van der Waals surface area contributed by atoms with Gasteiger partial charge in [-0.25, -0.2) is 0 Å². The molecule has 3 rings (SSSR count). The maximum absolute atomic E-state index is 12.0. The van der Waals surface area contributed by atoms with Crippen molar-refractivity contribution in [2.24, 2.45) is 17.4 Å². The maximum atomic E-state index is 12.0. The van der Waals surface area contributed by atoms with Crippen LogP contribution in [0.25, 0.3) is 0 Å². The summed E-state index contributed by atoms with van der Waals surface area (Å²) in [6.45, 7) is 1.33. The van der Waals surface area contributed by atoms with Crippen LogP contribution < -0.4 is 27.4 Å². The van der Waals surface area contributed by atoms with E-state index in [-0.39, 0.29) is 19.6 Å². The number of nitrogens with one attached hydrogen (secondary N) is 3. The molecule has 14 nitrogen and oxygen atoms in total. The standard InChI is InChI=1S/C23H43N5O9/c1-23(34)10-35-22(18(33)21(23)26-2)37-20-14(28-15(31)9-30)7-13(25)16(17(20)32)19-12(24)4-3-11(36-19)8-27-5-6-29/h3,12-14,16-22,26-27,29-30,32-34H,4-10,24-25H2,1-2H3,(H,28,31)/t12-,13+,14-,16-,17+,18-,19?,20+,21-,22-,23+/m1/s1. The molecule has 1 aliphatic carbocycles. The van der Waals surface area contributed by atoms with Crippen LogP contribution in [-0.4, -0.2) is 132 Å². The summed E-state index contributed by atoms with van der Waals surface area (Å²) in [7, 11) is 1.59. The number of aliphatic hydroxyl groups excluding tert-OH is 4. The summed E-state index contributed by atoms with van der Waals surface area (Å²) in [5, 5.41) is 59.8. The first-order valence-corrected chi connectivity index (χ1v) is 12.7. The van der Waals surface area contributed by atoms with E-state index in [1.807, 2.05) is 6.08 Å². The Balaban J connectivity index is 1.82. The van der Waals surface area contributed by atoms with Gasteiger partial charge in [0.2, 0.25) is 5.91 Å². The van der Waals surface area contributed by atoms with E-state index in [0.29, 0.717) is 25.3 Å². The third-order valence-electron chi connectivity index (χ3n) is 7.36. The number of rotatable bonds is 10. The lowest BCUT2D eigenvalue weighted by Crippen LogP contribution is -2.69. The molecule has 3 aliphatic rings. The van der Waals surface area contributed by atoms with Crippen molar-refractivity contribution in [3.63, 3.8) is 0 Å². The number of hydrogen-bond acceptors (Lipinski definition) is 13. The molecule has 1 amide bonds. The van der Waals surface area contributed by atoms with Gasteiger partial charge in [0.1, 0.15) is 36.3 Å². The van der Waals surface area contributed by atoms with Gasteiger partial charge in [0, 0.05) is 24.5 Å². The molecule has 214 valence electrons. The molecule has 2 fully saturated rings. The molecule has 2 heterocycles. The van der Waals surface area contributed by atoms with Crippen molar-refractivity contribution in [2.45, 2.75) is 80.2 Å². The number of likely N-dealkylation sites (N-methyl/N-ethyl adjacent to an activating group) is 1. The zero-order valence-electron chi connectivity index (χ0n) is 21.3. The molecular formula is C23H43N5O9. The Hall–Kier alpha value is -1.43. The Morgan fingerprint density at radius 1 is 1.24 bits per heavy atom. The lowest BCUT2D eigenvalue weighted by atomic mass is 9.72. The molecular weight excluding hydrogens is 490 g/mol. The largest absolute Gasteiger partial charge is 0.492 e. The van der Waals surface area contributed by atoms with Crippen LogP contribution in [0.2, 0.25) is 0 Å². The number of carbonyl (C=O) groups excluding carboxylic acids is 1. The molecule has 1 saturated heterocycles. The Morgan fingerprint density at radius 3 is 2.62 bits per heavy atom. The van der Waals surface area contributed by atoms with Gasteiger partial charge in [-0.2, -0.15) is 0 Å². The van der Waals surface area contributed by atoms with Gasteiger partial charge in [-0.05, 0) is 32.9 Å². The normalized spacial score (nSPS) is 42.6. The topological polar surface area (TPSA) is 234 Å². The first-order chi connectivity index (χ1) is 17.5. The molecule has 0 bridgehead atoms. The molecule has 0 aromatic rings. The third-order valence-corrected chi connectivity index (χ3v) is 7.36. The molecule has 14 heteroatoms. The summed E-state index contributed by atoms with van der Waals surface area (Å²) in [6, 6.07) is -2.72. The van der Waals surface area contributed by atoms with Gasteiger partial charge in [0.15, 0.2) is 6.29 Å². The molecule has 11 atom stereocenters. The van der Waals surface area contributed by atoms with Gasteiger partial charge in [0.25, 0.3) is 0 Å². The van der Waals surface area contributed by atoms with Crippen LogP contribution >= 0.6 is 0 Å². The van der Waals surface area contributed by atoms with Gasteiger partial charge >= 0.3 is 0 Å². The monoisotopic (exact) mass is 533 g/mol. The average Bonchev–Trinajstić information content (AvgIpc) is 2.84. The summed E-state index contributed by atoms with van der Waals surface area (Å²) in [5.74, 6) is -0.769. The van der Waals surface area contributed by atoms with Crippen molar-refractivity contribution in [1.82, 2.24) is 16.0 Å². The molecule has 0 aromatic carbocycles. The summed E-state index contributed by atoms with van der Waals surface area (Å²) in [4.78, 5) is 12.0. The summed E-state index contributed by atoms with van der Waals surface area (Å²) in [6.07, 6.45) is -3.11. The third kappa shape index (κ3) is 6.96. The van der Waals surface area contributed by atoms with Crippen molar-refractivity contribution >= 4 is 5.91 Å². The Labute approximate surface area is 216 Å². The molecule has 2 aliphatic heterocycles. The predicted molar refractivity (Wildman–Crippen MR) is 131 cm³/mol. The number of ether oxygens (including phenoxy) is 3. The summed E-state index contributed by atoms with van der Waals surface area (Å²) in [5.41, 5.74) is 11.5. The van der Waals surface area contributed by atoms with Crippen molar-refractivity contribution < 1.29 is 44.5 Å². The lowest BCUT2D eigenvalue weighted by Gasteiger charge is -2.50. The SMILES string of the molecule is CN[C@@H]1[C@@H](O)[C@@H](O[C@@H]2[C@@H](O)[C@H](C3OC(CNCCO)=CC[C@H]3N)[C@@H](N)C[C@H]2NC(=O)CO)OC[C@]1(C)O. The van der Waals surface area contributed by atoms with Crippen LogP contribution in [0.5, 0.6) is 0 Å². The van der Waals surface area contributed by atoms with Crippen LogP contribution in [-0.2, 0) is 19.0 Å². The Kier molecular flexibility index (Phi) is 10.6. The van der Waals surface area contributed by atoms with Crippen LogP contribution in [0.4, 0.5) is 0 Å². The van der Waals surface area contributed by atoms with Gasteiger partial charge in [0.05, 0.1) is 37.9 Å². The predicted octanol–water partition coefficient (Wildman–Crippen LogP) is -4.80. The van der Waals surface area contributed by atoms with E-state index in [1.165, 1.54) is 6.92 Å². The minimum atomic E-state index is -1.37. The second-order valence-corrected chi connectivity index (χ2v) is 10.2.